The van der Waals surface area contributed by atoms with Crippen molar-refractivity contribution in [1.82, 2.24) is 19.8 Å². The molecule has 2 aromatic carbocycles. The van der Waals surface area contributed by atoms with Crippen molar-refractivity contribution in [3.05, 3.63) is 81.1 Å². The fraction of sp³-hybridized carbons (Fsp3) is 0.231. The summed E-state index contributed by atoms with van der Waals surface area (Å²) in [6.45, 7) is 7.00. The van der Waals surface area contributed by atoms with E-state index in [0.717, 1.165) is 70.2 Å². The summed E-state index contributed by atoms with van der Waals surface area (Å²) in [6, 6.07) is 16.3. The molecule has 0 N–H and O–H groups in total. The summed E-state index contributed by atoms with van der Waals surface area (Å²) in [5.74, 6) is 0. The molecule has 0 aliphatic carbocycles. The monoisotopic (exact) mass is 524 g/mol. The normalized spacial score (nSPS) is 14.1. The summed E-state index contributed by atoms with van der Waals surface area (Å²) >= 11 is 24.7. The molecule has 3 heterocycles. The molecule has 1 aliphatic heterocycles. The van der Waals surface area contributed by atoms with Gasteiger partial charge >= 0.3 is 0 Å². The van der Waals surface area contributed by atoms with Crippen molar-refractivity contribution in [3.8, 4) is 0 Å². The molecule has 2 aromatic heterocycles. The van der Waals surface area contributed by atoms with Crippen molar-refractivity contribution in [3.63, 3.8) is 0 Å². The number of halogens is 2. The predicted octanol–water partition coefficient (Wildman–Crippen LogP) is 6.38. The minimum atomic E-state index is 0.439. The number of piperazine rings is 1. The van der Waals surface area contributed by atoms with Gasteiger partial charge in [0.25, 0.3) is 0 Å². The van der Waals surface area contributed by atoms with E-state index in [1.165, 1.54) is 0 Å². The highest BCUT2D eigenvalue weighted by molar-refractivity contribution is 7.81. The Morgan fingerprint density at radius 2 is 1.09 bits per heavy atom. The smallest absolute Gasteiger partial charge is 0.139 e. The third-order valence-electron chi connectivity index (χ3n) is 6.32. The van der Waals surface area contributed by atoms with E-state index in [1.54, 1.807) is 0 Å². The fourth-order valence-corrected chi connectivity index (χ4v) is 5.65. The number of aryl methyl sites for hydroxylation is 2. The molecule has 0 bridgehead atoms. The van der Waals surface area contributed by atoms with Gasteiger partial charge in [-0.05, 0) is 37.1 Å². The van der Waals surface area contributed by atoms with E-state index in [0.29, 0.717) is 20.3 Å². The second kappa shape index (κ2) is 9.34. The molecule has 0 unspecified atom stereocenters. The molecular formula is C26H22Cl2N4S2. The van der Waals surface area contributed by atoms with E-state index < -0.39 is 0 Å². The zero-order chi connectivity index (χ0) is 24.0. The highest BCUT2D eigenvalue weighted by Crippen LogP contribution is 2.27. The SMILES string of the molecule is Cc1cccc2cc(C(=S)N3CCN(C(=S)c4cc5cccc(C)c5nc4Cl)CC3)c(Cl)nc12. The topological polar surface area (TPSA) is 32.3 Å². The lowest BCUT2D eigenvalue weighted by Gasteiger charge is -2.37. The quantitative estimate of drug-likeness (QED) is 0.223. The Kier molecular flexibility index (Phi) is 6.42. The van der Waals surface area contributed by atoms with Gasteiger partial charge in [-0.15, -0.1) is 0 Å². The molecule has 8 heteroatoms. The summed E-state index contributed by atoms with van der Waals surface area (Å²) in [4.78, 5) is 15.0. The zero-order valence-electron chi connectivity index (χ0n) is 18.8. The van der Waals surface area contributed by atoms with Crippen LogP contribution in [-0.4, -0.2) is 55.9 Å². The Morgan fingerprint density at radius 1 is 0.706 bits per heavy atom. The number of hydrogen-bond acceptors (Lipinski definition) is 4. The van der Waals surface area contributed by atoms with Gasteiger partial charge in [0, 0.05) is 48.1 Å². The van der Waals surface area contributed by atoms with Gasteiger partial charge in [-0.2, -0.15) is 0 Å². The van der Waals surface area contributed by atoms with Crippen LogP contribution in [0, 0.1) is 13.8 Å². The molecule has 34 heavy (non-hydrogen) atoms. The molecule has 4 aromatic rings. The predicted molar refractivity (Wildman–Crippen MR) is 150 cm³/mol. The number of thiocarbonyl (C=S) groups is 2. The molecule has 0 spiro atoms. The molecule has 172 valence electrons. The molecule has 0 atom stereocenters. The van der Waals surface area contributed by atoms with Crippen LogP contribution in [0.3, 0.4) is 0 Å². The lowest BCUT2D eigenvalue weighted by molar-refractivity contribution is 0.265. The first-order valence-corrected chi connectivity index (χ1v) is 12.6. The highest BCUT2D eigenvalue weighted by atomic mass is 35.5. The molecule has 0 radical (unpaired) electrons. The van der Waals surface area contributed by atoms with Crippen LogP contribution in [0.5, 0.6) is 0 Å². The van der Waals surface area contributed by atoms with Crippen LogP contribution in [0.15, 0.2) is 48.5 Å². The van der Waals surface area contributed by atoms with Crippen LogP contribution in [0.25, 0.3) is 21.8 Å². The maximum absolute atomic E-state index is 6.55. The summed E-state index contributed by atoms with van der Waals surface area (Å²) in [5, 5.41) is 2.95. The van der Waals surface area contributed by atoms with Gasteiger partial charge in [0.05, 0.1) is 11.0 Å². The van der Waals surface area contributed by atoms with Crippen LogP contribution < -0.4 is 0 Å². The summed E-state index contributed by atoms with van der Waals surface area (Å²) in [5.41, 5.74) is 5.59. The molecule has 0 amide bonds. The van der Waals surface area contributed by atoms with Gasteiger partial charge < -0.3 is 9.80 Å². The number of rotatable bonds is 2. The lowest BCUT2D eigenvalue weighted by Crippen LogP contribution is -2.50. The van der Waals surface area contributed by atoms with Crippen molar-refractivity contribution in [2.24, 2.45) is 0 Å². The average molecular weight is 526 g/mol. The second-order valence-corrected chi connectivity index (χ2v) is 10.0. The van der Waals surface area contributed by atoms with E-state index in [2.05, 4.69) is 19.8 Å². The number of nitrogens with zero attached hydrogens (tertiary/aromatic N) is 4. The Balaban J connectivity index is 1.33. The van der Waals surface area contributed by atoms with Gasteiger partial charge in [0.2, 0.25) is 0 Å². The summed E-state index contributed by atoms with van der Waals surface area (Å²) in [7, 11) is 0. The van der Waals surface area contributed by atoms with E-state index in [-0.39, 0.29) is 0 Å². The van der Waals surface area contributed by atoms with E-state index >= 15 is 0 Å². The number of hydrogen-bond donors (Lipinski definition) is 0. The summed E-state index contributed by atoms with van der Waals surface area (Å²) in [6.07, 6.45) is 0. The van der Waals surface area contributed by atoms with Crippen LogP contribution in [0.4, 0.5) is 0 Å². The Labute approximate surface area is 219 Å². The van der Waals surface area contributed by atoms with Gasteiger partial charge in [-0.25, -0.2) is 9.97 Å². The highest BCUT2D eigenvalue weighted by Gasteiger charge is 2.25. The average Bonchev–Trinajstić information content (AvgIpc) is 2.84. The van der Waals surface area contributed by atoms with Crippen LogP contribution in [-0.2, 0) is 0 Å². The number of benzene rings is 2. The third kappa shape index (κ3) is 4.24. The maximum Gasteiger partial charge on any atom is 0.139 e. The van der Waals surface area contributed by atoms with E-state index in [9.17, 15) is 0 Å². The number of pyridine rings is 2. The standard InChI is InChI=1S/C26H22Cl2N4S2/c1-15-5-3-7-17-13-19(23(27)29-21(15)17)25(33)31-9-11-32(12-10-31)26(34)20-14-18-8-4-6-16(2)22(18)30-24(20)28/h3-8,13-14H,9-12H2,1-2H3. The third-order valence-corrected chi connectivity index (χ3v) is 7.85. The van der Waals surface area contributed by atoms with Crippen molar-refractivity contribution >= 4 is 79.4 Å². The van der Waals surface area contributed by atoms with Crippen molar-refractivity contribution in [2.45, 2.75) is 13.8 Å². The number of aromatic nitrogens is 2. The second-order valence-electron chi connectivity index (χ2n) is 8.53. The first kappa shape index (κ1) is 23.4. The Morgan fingerprint density at radius 3 is 1.47 bits per heavy atom. The zero-order valence-corrected chi connectivity index (χ0v) is 22.0. The Bertz CT molecular complexity index is 1350. The lowest BCUT2D eigenvalue weighted by atomic mass is 10.1. The fourth-order valence-electron chi connectivity index (χ4n) is 4.40. The minimum absolute atomic E-state index is 0.439. The number of para-hydroxylation sites is 2. The van der Waals surface area contributed by atoms with Crippen molar-refractivity contribution in [1.29, 1.82) is 0 Å². The van der Waals surface area contributed by atoms with Gasteiger partial charge in [-0.3, -0.25) is 0 Å². The van der Waals surface area contributed by atoms with E-state index in [4.69, 9.17) is 47.6 Å². The Hall–Kier alpha value is -2.38. The van der Waals surface area contributed by atoms with Gasteiger partial charge in [-0.1, -0.05) is 84.0 Å². The first-order chi connectivity index (χ1) is 16.3. The van der Waals surface area contributed by atoms with Crippen LogP contribution in [0.1, 0.15) is 22.3 Å². The first-order valence-electron chi connectivity index (χ1n) is 11.0. The largest absolute Gasteiger partial charge is 0.359 e. The van der Waals surface area contributed by atoms with Crippen LogP contribution in [0.2, 0.25) is 10.3 Å². The molecule has 1 aliphatic rings. The van der Waals surface area contributed by atoms with Crippen molar-refractivity contribution in [2.75, 3.05) is 26.2 Å². The molecule has 1 fully saturated rings. The van der Waals surface area contributed by atoms with Gasteiger partial charge in [0.1, 0.15) is 20.3 Å². The maximum atomic E-state index is 6.55. The minimum Gasteiger partial charge on any atom is -0.359 e. The number of fused-ring (bicyclic) bond motifs is 2. The molecule has 1 saturated heterocycles. The van der Waals surface area contributed by atoms with Crippen molar-refractivity contribution < 1.29 is 0 Å². The van der Waals surface area contributed by atoms with Gasteiger partial charge in [0.15, 0.2) is 0 Å². The molecule has 5 rings (SSSR count). The molecular weight excluding hydrogens is 503 g/mol. The van der Waals surface area contributed by atoms with E-state index in [1.807, 2.05) is 62.4 Å². The molecule has 0 saturated carbocycles. The molecule has 4 nitrogen and oxygen atoms in total. The van der Waals surface area contributed by atoms with Crippen LogP contribution >= 0.6 is 47.6 Å². The summed E-state index contributed by atoms with van der Waals surface area (Å²) < 4.78 is 0.